The van der Waals surface area contributed by atoms with Crippen molar-refractivity contribution in [3.8, 4) is 17.6 Å². The van der Waals surface area contributed by atoms with Crippen LogP contribution in [-0.4, -0.2) is 21.6 Å². The monoisotopic (exact) mass is 372 g/mol. The average Bonchev–Trinajstić information content (AvgIpc) is 2.58. The van der Waals surface area contributed by atoms with Crippen LogP contribution < -0.4 is 4.74 Å². The van der Waals surface area contributed by atoms with Gasteiger partial charge in [-0.15, -0.1) is 0 Å². The fourth-order valence-electron chi connectivity index (χ4n) is 2.15. The predicted octanol–water partition coefficient (Wildman–Crippen LogP) is 4.08. The van der Waals surface area contributed by atoms with Gasteiger partial charge in [0.1, 0.15) is 19.0 Å². The average molecular weight is 372 g/mol. The van der Waals surface area contributed by atoms with Crippen molar-refractivity contribution < 1.29 is 17.3 Å². The maximum atomic E-state index is 12.0. The Kier molecular flexibility index (Phi) is 6.47. The topological polar surface area (TPSA) is 52.6 Å². The van der Waals surface area contributed by atoms with Crippen molar-refractivity contribution >= 4 is 10.1 Å². The molecule has 0 saturated carbocycles. The maximum absolute atomic E-state index is 12.0. The third-order valence-corrected chi connectivity index (χ3v) is 5.03. The molecule has 0 bridgehead atoms. The Morgan fingerprint density at radius 2 is 1.46 bits per heavy atom. The van der Waals surface area contributed by atoms with Gasteiger partial charge in [0.25, 0.3) is 10.1 Å². The van der Waals surface area contributed by atoms with Gasteiger partial charge in [-0.25, -0.2) is 0 Å². The molecule has 0 amide bonds. The first-order valence-corrected chi connectivity index (χ1v) is 9.74. The molecule has 0 aliphatic heterocycles. The zero-order chi connectivity index (χ0) is 19.2. The maximum Gasteiger partial charge on any atom is 0.297 e. The molecule has 2 rings (SSSR count). The summed E-state index contributed by atoms with van der Waals surface area (Å²) >= 11 is 0. The minimum absolute atomic E-state index is 0.0958. The van der Waals surface area contributed by atoms with Gasteiger partial charge in [-0.2, -0.15) is 8.42 Å². The molecular formula is C21H24O4S. The summed E-state index contributed by atoms with van der Waals surface area (Å²) < 4.78 is 34.4. The lowest BCUT2D eigenvalue weighted by atomic mass is 9.87. The molecule has 0 atom stereocenters. The van der Waals surface area contributed by atoms with E-state index in [1.165, 1.54) is 17.7 Å². The summed E-state index contributed by atoms with van der Waals surface area (Å²) in [7, 11) is -3.78. The highest BCUT2D eigenvalue weighted by molar-refractivity contribution is 7.86. The quantitative estimate of drug-likeness (QED) is 0.586. The Hall–Kier alpha value is -2.29. The summed E-state index contributed by atoms with van der Waals surface area (Å²) in [5, 5.41) is 0. The van der Waals surface area contributed by atoms with E-state index in [9.17, 15) is 8.42 Å². The Labute approximate surface area is 156 Å². The molecule has 138 valence electrons. The van der Waals surface area contributed by atoms with Crippen LogP contribution >= 0.6 is 0 Å². The van der Waals surface area contributed by atoms with Crippen molar-refractivity contribution in [2.45, 2.75) is 38.0 Å². The number of aryl methyl sites for hydroxylation is 1. The fourth-order valence-corrected chi connectivity index (χ4v) is 2.97. The van der Waals surface area contributed by atoms with Crippen molar-refractivity contribution in [3.05, 3.63) is 59.7 Å². The van der Waals surface area contributed by atoms with Crippen molar-refractivity contribution in [1.29, 1.82) is 0 Å². The SMILES string of the molecule is Cc1ccc(S(=O)(=O)OCC#CCOc2ccc(C(C)(C)C)cc2)cc1. The van der Waals surface area contributed by atoms with E-state index in [4.69, 9.17) is 8.92 Å². The first-order chi connectivity index (χ1) is 12.2. The molecule has 2 aromatic rings. The summed E-state index contributed by atoms with van der Waals surface area (Å²) in [5.74, 6) is 6.13. The molecule has 0 unspecified atom stereocenters. The first kappa shape index (κ1) is 20.0. The fraction of sp³-hybridized carbons (Fsp3) is 0.333. The molecule has 4 nitrogen and oxygen atoms in total. The van der Waals surface area contributed by atoms with Crippen LogP contribution in [0.3, 0.4) is 0 Å². The van der Waals surface area contributed by atoms with Crippen LogP contribution in [0.15, 0.2) is 53.4 Å². The first-order valence-electron chi connectivity index (χ1n) is 8.34. The number of ether oxygens (including phenoxy) is 1. The number of rotatable bonds is 5. The smallest absolute Gasteiger partial charge is 0.297 e. The van der Waals surface area contributed by atoms with Gasteiger partial charge >= 0.3 is 0 Å². The Morgan fingerprint density at radius 3 is 2.04 bits per heavy atom. The molecule has 0 saturated heterocycles. The second-order valence-electron chi connectivity index (χ2n) is 6.95. The molecule has 0 aliphatic carbocycles. The summed E-state index contributed by atoms with van der Waals surface area (Å²) in [5.41, 5.74) is 2.31. The van der Waals surface area contributed by atoms with Crippen molar-refractivity contribution in [3.63, 3.8) is 0 Å². The molecule has 26 heavy (non-hydrogen) atoms. The van der Waals surface area contributed by atoms with Gasteiger partial charge in [-0.3, -0.25) is 4.18 Å². The molecule has 0 heterocycles. The van der Waals surface area contributed by atoms with Crippen LogP contribution in [-0.2, 0) is 19.7 Å². The zero-order valence-electron chi connectivity index (χ0n) is 15.6. The van der Waals surface area contributed by atoms with Gasteiger partial charge in [0.15, 0.2) is 0 Å². The highest BCUT2D eigenvalue weighted by Gasteiger charge is 2.14. The molecule has 5 heteroatoms. The van der Waals surface area contributed by atoms with Crippen LogP contribution in [0.4, 0.5) is 0 Å². The second kappa shape index (κ2) is 8.39. The van der Waals surface area contributed by atoms with Gasteiger partial charge in [-0.1, -0.05) is 62.4 Å². The van der Waals surface area contributed by atoms with E-state index in [1.807, 2.05) is 31.2 Å². The van der Waals surface area contributed by atoms with E-state index in [1.54, 1.807) is 12.1 Å². The van der Waals surface area contributed by atoms with E-state index in [0.29, 0.717) is 0 Å². The summed E-state index contributed by atoms with van der Waals surface area (Å²) in [4.78, 5) is 0.125. The zero-order valence-corrected chi connectivity index (χ0v) is 16.4. The van der Waals surface area contributed by atoms with Gasteiger partial charge in [0, 0.05) is 0 Å². The van der Waals surface area contributed by atoms with Crippen molar-refractivity contribution in [1.82, 2.24) is 0 Å². The van der Waals surface area contributed by atoms with Crippen molar-refractivity contribution in [2.75, 3.05) is 13.2 Å². The molecule has 0 fully saturated rings. The highest BCUT2D eigenvalue weighted by Crippen LogP contribution is 2.24. The Balaban J connectivity index is 1.81. The van der Waals surface area contributed by atoms with Crippen LogP contribution in [0.5, 0.6) is 5.75 Å². The summed E-state index contributed by atoms with van der Waals surface area (Å²) in [6.07, 6.45) is 0. The predicted molar refractivity (Wildman–Crippen MR) is 103 cm³/mol. The number of hydrogen-bond donors (Lipinski definition) is 0. The van der Waals surface area contributed by atoms with Gasteiger partial charge in [-0.05, 0) is 42.2 Å². The minimum Gasteiger partial charge on any atom is -0.481 e. The second-order valence-corrected chi connectivity index (χ2v) is 8.56. The standard InChI is InChI=1S/C21H24O4S/c1-17-7-13-20(14-8-17)26(22,23)25-16-6-5-15-24-19-11-9-18(10-12-19)21(2,3)4/h7-14H,15-16H2,1-4H3. The highest BCUT2D eigenvalue weighted by atomic mass is 32.2. The third-order valence-electron chi connectivity index (χ3n) is 3.75. The van der Waals surface area contributed by atoms with Crippen LogP contribution in [0, 0.1) is 18.8 Å². The van der Waals surface area contributed by atoms with Crippen molar-refractivity contribution in [2.24, 2.45) is 0 Å². The third kappa shape index (κ3) is 5.91. The largest absolute Gasteiger partial charge is 0.481 e. The van der Waals surface area contributed by atoms with E-state index in [-0.39, 0.29) is 23.5 Å². The lowest BCUT2D eigenvalue weighted by Crippen LogP contribution is -2.10. The summed E-state index contributed by atoms with van der Waals surface area (Å²) in [6.45, 7) is 8.31. The summed E-state index contributed by atoms with van der Waals surface area (Å²) in [6, 6.07) is 14.3. The van der Waals surface area contributed by atoms with Gasteiger partial charge in [0.2, 0.25) is 0 Å². The molecule has 0 N–H and O–H groups in total. The number of benzene rings is 2. The van der Waals surface area contributed by atoms with Gasteiger partial charge < -0.3 is 4.74 Å². The molecule has 0 spiro atoms. The molecular weight excluding hydrogens is 348 g/mol. The lowest BCUT2D eigenvalue weighted by Gasteiger charge is -2.18. The van der Waals surface area contributed by atoms with E-state index < -0.39 is 10.1 Å². The molecule has 2 aromatic carbocycles. The number of hydrogen-bond acceptors (Lipinski definition) is 4. The van der Waals surface area contributed by atoms with E-state index in [0.717, 1.165) is 11.3 Å². The van der Waals surface area contributed by atoms with E-state index >= 15 is 0 Å². The van der Waals surface area contributed by atoms with E-state index in [2.05, 4.69) is 32.6 Å². The molecule has 0 aliphatic rings. The Bertz CT molecular complexity index is 878. The molecule has 0 aromatic heterocycles. The Morgan fingerprint density at radius 1 is 0.885 bits per heavy atom. The van der Waals surface area contributed by atoms with Crippen LogP contribution in [0.25, 0.3) is 0 Å². The lowest BCUT2D eigenvalue weighted by molar-refractivity contribution is 0.358. The van der Waals surface area contributed by atoms with Crippen LogP contribution in [0.1, 0.15) is 31.9 Å². The normalized spacial score (nSPS) is 11.5. The van der Waals surface area contributed by atoms with Gasteiger partial charge in [0.05, 0.1) is 4.90 Å². The minimum atomic E-state index is -3.78. The van der Waals surface area contributed by atoms with Crippen LogP contribution in [0.2, 0.25) is 0 Å². The molecule has 0 radical (unpaired) electrons.